The minimum absolute atomic E-state index is 0.137. The molecular weight excluding hydrogens is 440 g/mol. The van der Waals surface area contributed by atoms with Crippen LogP contribution in [0.3, 0.4) is 0 Å². The lowest BCUT2D eigenvalue weighted by Gasteiger charge is -2.20. The molecule has 7 nitrogen and oxygen atoms in total. The molecule has 0 radical (unpaired) electrons. The number of carbonyl (C=O) groups is 1. The molecule has 4 rings (SSSR count). The number of carboxylic acid groups (broad SMARTS) is 1. The summed E-state index contributed by atoms with van der Waals surface area (Å²) in [7, 11) is 1.63. The molecule has 2 N–H and O–H groups in total. The third-order valence-corrected chi connectivity index (χ3v) is 5.66. The second-order valence-corrected chi connectivity index (χ2v) is 8.03. The predicted molar refractivity (Wildman–Crippen MR) is 128 cm³/mol. The van der Waals surface area contributed by atoms with Crippen molar-refractivity contribution in [2.24, 2.45) is 7.05 Å². The van der Waals surface area contributed by atoms with Gasteiger partial charge in [-0.1, -0.05) is 23.7 Å². The van der Waals surface area contributed by atoms with Gasteiger partial charge in [0, 0.05) is 28.9 Å². The maximum Gasteiger partial charge on any atom is 0.337 e. The zero-order chi connectivity index (χ0) is 23.7. The Labute approximate surface area is 194 Å². The minimum Gasteiger partial charge on any atom is -0.478 e. The summed E-state index contributed by atoms with van der Waals surface area (Å²) in [6, 6.07) is 18.4. The Kier molecular flexibility index (Phi) is 5.86. The van der Waals surface area contributed by atoms with Gasteiger partial charge in [0.1, 0.15) is 5.82 Å². The maximum absolute atomic E-state index is 13.2. The summed E-state index contributed by atoms with van der Waals surface area (Å²) in [4.78, 5) is 29.6. The van der Waals surface area contributed by atoms with Gasteiger partial charge in [0.05, 0.1) is 34.1 Å². The number of nitrogens with zero attached hydrogens (tertiary/aromatic N) is 3. The van der Waals surface area contributed by atoms with Crippen LogP contribution >= 0.6 is 11.6 Å². The van der Waals surface area contributed by atoms with E-state index in [-0.39, 0.29) is 11.1 Å². The van der Waals surface area contributed by atoms with Gasteiger partial charge < -0.3 is 10.4 Å². The highest BCUT2D eigenvalue weighted by Gasteiger charge is 2.19. The molecule has 8 heteroatoms. The van der Waals surface area contributed by atoms with Gasteiger partial charge in [0.25, 0.3) is 5.56 Å². The molecule has 1 aromatic heterocycles. The number of aromatic nitrogens is 2. The third kappa shape index (κ3) is 4.16. The first-order chi connectivity index (χ1) is 15.8. The molecule has 0 unspecified atom stereocenters. The molecule has 33 heavy (non-hydrogen) atoms. The van der Waals surface area contributed by atoms with Crippen molar-refractivity contribution >= 4 is 34.2 Å². The topological polar surface area (TPSA) is 108 Å². The van der Waals surface area contributed by atoms with Gasteiger partial charge in [-0.25, -0.2) is 9.78 Å². The first-order valence-corrected chi connectivity index (χ1v) is 10.5. The highest BCUT2D eigenvalue weighted by atomic mass is 35.5. The molecule has 0 bridgehead atoms. The van der Waals surface area contributed by atoms with Crippen molar-refractivity contribution in [1.82, 2.24) is 9.55 Å². The summed E-state index contributed by atoms with van der Waals surface area (Å²) >= 11 is 6.34. The number of nitrogens with one attached hydrogen (secondary N) is 1. The van der Waals surface area contributed by atoms with Gasteiger partial charge in [0.2, 0.25) is 0 Å². The van der Waals surface area contributed by atoms with Crippen molar-refractivity contribution in [2.45, 2.75) is 13.0 Å². The summed E-state index contributed by atoms with van der Waals surface area (Å²) in [6.45, 7) is 1.85. The number of carboxylic acids is 1. The molecule has 1 heterocycles. The summed E-state index contributed by atoms with van der Waals surface area (Å²) in [5.41, 5.74) is 2.64. The zero-order valence-corrected chi connectivity index (χ0v) is 18.6. The Morgan fingerprint density at radius 2 is 1.88 bits per heavy atom. The molecule has 0 saturated carbocycles. The smallest absolute Gasteiger partial charge is 0.337 e. The predicted octanol–water partition coefficient (Wildman–Crippen LogP) is 5.00. The highest BCUT2D eigenvalue weighted by molar-refractivity contribution is 6.31. The van der Waals surface area contributed by atoms with Crippen LogP contribution in [0.5, 0.6) is 0 Å². The molecule has 0 amide bonds. The van der Waals surface area contributed by atoms with E-state index in [1.165, 1.54) is 10.6 Å². The second kappa shape index (κ2) is 8.77. The van der Waals surface area contributed by atoms with Crippen molar-refractivity contribution in [3.8, 4) is 17.5 Å². The van der Waals surface area contributed by atoms with Crippen molar-refractivity contribution in [3.63, 3.8) is 0 Å². The normalized spacial score (nSPS) is 11.7. The number of benzene rings is 3. The van der Waals surface area contributed by atoms with Crippen LogP contribution in [0.4, 0.5) is 5.69 Å². The SMILES string of the molecule is C[C@@H](Nc1ccccc1C(=O)O)c1cc(Cl)cc2c(=O)n(C)c(-c3ccc(C#N)cc3)nc12. The van der Waals surface area contributed by atoms with Crippen molar-refractivity contribution in [2.75, 3.05) is 5.32 Å². The van der Waals surface area contributed by atoms with Crippen LogP contribution in [-0.2, 0) is 7.05 Å². The maximum atomic E-state index is 13.2. The van der Waals surface area contributed by atoms with E-state index in [1.54, 1.807) is 61.6 Å². The van der Waals surface area contributed by atoms with Gasteiger partial charge in [-0.2, -0.15) is 5.26 Å². The Morgan fingerprint density at radius 3 is 2.55 bits per heavy atom. The fourth-order valence-electron chi connectivity index (χ4n) is 3.75. The van der Waals surface area contributed by atoms with E-state index in [4.69, 9.17) is 21.8 Å². The zero-order valence-electron chi connectivity index (χ0n) is 17.8. The Bertz CT molecular complexity index is 1490. The number of nitriles is 1. The van der Waals surface area contributed by atoms with Crippen LogP contribution in [0.1, 0.15) is 34.5 Å². The quantitative estimate of drug-likeness (QED) is 0.436. The van der Waals surface area contributed by atoms with E-state index in [1.807, 2.05) is 6.92 Å². The number of para-hydroxylation sites is 1. The van der Waals surface area contributed by atoms with Crippen LogP contribution in [-0.4, -0.2) is 20.6 Å². The Morgan fingerprint density at radius 1 is 1.18 bits per heavy atom. The molecule has 3 aromatic carbocycles. The third-order valence-electron chi connectivity index (χ3n) is 5.44. The molecule has 0 fully saturated rings. The molecule has 1 atom stereocenters. The van der Waals surface area contributed by atoms with E-state index in [0.717, 1.165) is 0 Å². The monoisotopic (exact) mass is 458 g/mol. The van der Waals surface area contributed by atoms with Gasteiger partial charge in [-0.05, 0) is 55.5 Å². The molecule has 0 saturated heterocycles. The van der Waals surface area contributed by atoms with Crippen molar-refractivity contribution in [1.29, 1.82) is 5.26 Å². The largest absolute Gasteiger partial charge is 0.478 e. The highest BCUT2D eigenvalue weighted by Crippen LogP contribution is 2.30. The minimum atomic E-state index is -1.05. The average Bonchev–Trinajstić information content (AvgIpc) is 2.81. The fraction of sp³-hybridized carbons (Fsp3) is 0.120. The number of hydrogen-bond donors (Lipinski definition) is 2. The van der Waals surface area contributed by atoms with E-state index >= 15 is 0 Å². The van der Waals surface area contributed by atoms with Gasteiger partial charge in [-0.15, -0.1) is 0 Å². The molecule has 4 aromatic rings. The van der Waals surface area contributed by atoms with Crippen molar-refractivity contribution in [3.05, 3.63) is 92.7 Å². The molecule has 0 aliphatic carbocycles. The second-order valence-electron chi connectivity index (χ2n) is 7.60. The molecular formula is C25H19ClN4O3. The number of halogens is 1. The summed E-state index contributed by atoms with van der Waals surface area (Å²) in [6.07, 6.45) is 0. The lowest BCUT2D eigenvalue weighted by atomic mass is 10.0. The number of hydrogen-bond acceptors (Lipinski definition) is 5. The summed E-state index contributed by atoms with van der Waals surface area (Å²) < 4.78 is 1.45. The van der Waals surface area contributed by atoms with Crippen molar-refractivity contribution < 1.29 is 9.90 Å². The van der Waals surface area contributed by atoms with Gasteiger partial charge in [-0.3, -0.25) is 9.36 Å². The number of rotatable bonds is 5. The van der Waals surface area contributed by atoms with Gasteiger partial charge >= 0.3 is 5.97 Å². The van der Waals surface area contributed by atoms with E-state index in [9.17, 15) is 14.7 Å². The fourth-order valence-corrected chi connectivity index (χ4v) is 3.98. The van der Waals surface area contributed by atoms with E-state index < -0.39 is 12.0 Å². The molecule has 0 aliphatic rings. The summed E-state index contributed by atoms with van der Waals surface area (Å²) in [5, 5.41) is 22.5. The van der Waals surface area contributed by atoms with Crippen LogP contribution in [0.2, 0.25) is 5.02 Å². The lowest BCUT2D eigenvalue weighted by molar-refractivity contribution is 0.0698. The molecule has 0 spiro atoms. The molecule has 0 aliphatic heterocycles. The van der Waals surface area contributed by atoms with Crippen LogP contribution in [0, 0.1) is 11.3 Å². The van der Waals surface area contributed by atoms with Gasteiger partial charge in [0.15, 0.2) is 0 Å². The van der Waals surface area contributed by atoms with E-state index in [0.29, 0.717) is 44.1 Å². The number of anilines is 1. The Balaban J connectivity index is 1.88. The summed E-state index contributed by atoms with van der Waals surface area (Å²) in [5.74, 6) is -0.602. The molecule has 164 valence electrons. The van der Waals surface area contributed by atoms with E-state index in [2.05, 4.69) is 11.4 Å². The standard InChI is InChI=1S/C25H19ClN4O3/c1-14(28-21-6-4-3-5-18(21)25(32)33)19-11-17(26)12-20-22(19)29-23(30(2)24(20)31)16-9-7-15(13-27)8-10-16/h3-12,14,28H,1-2H3,(H,32,33)/t14-/m1/s1. The first-order valence-electron chi connectivity index (χ1n) is 10.1. The number of fused-ring (bicyclic) bond motifs is 1. The Hall–Kier alpha value is -4.15. The van der Waals surface area contributed by atoms with Crippen LogP contribution in [0.15, 0.2) is 65.5 Å². The van der Waals surface area contributed by atoms with Crippen LogP contribution < -0.4 is 10.9 Å². The first kappa shape index (κ1) is 22.1. The lowest BCUT2D eigenvalue weighted by Crippen LogP contribution is -2.21. The average molecular weight is 459 g/mol. The number of aromatic carboxylic acids is 1. The van der Waals surface area contributed by atoms with Crippen LogP contribution in [0.25, 0.3) is 22.3 Å².